The molecule has 3 heteroatoms. The van der Waals surface area contributed by atoms with Crippen molar-refractivity contribution in [2.24, 2.45) is 0 Å². The van der Waals surface area contributed by atoms with Crippen molar-refractivity contribution in [3.63, 3.8) is 0 Å². The van der Waals surface area contributed by atoms with E-state index in [1.807, 2.05) is 0 Å². The zero-order valence-corrected chi connectivity index (χ0v) is 15.3. The first-order chi connectivity index (χ1) is 11.3. The Hall–Kier alpha value is -0.860. The summed E-state index contributed by atoms with van der Waals surface area (Å²) in [7, 11) is 0. The van der Waals surface area contributed by atoms with E-state index in [1.165, 1.54) is 57.8 Å². The molecule has 0 bridgehead atoms. The van der Waals surface area contributed by atoms with Gasteiger partial charge in [0, 0.05) is 12.8 Å². The summed E-state index contributed by atoms with van der Waals surface area (Å²) in [6.45, 7) is 2.74. The molecule has 0 heterocycles. The highest BCUT2D eigenvalue weighted by molar-refractivity contribution is 5.69. The second-order valence-electron chi connectivity index (χ2n) is 6.52. The van der Waals surface area contributed by atoms with Crippen LogP contribution in [0.2, 0.25) is 0 Å². The molecule has 0 spiro atoms. The summed E-state index contributed by atoms with van der Waals surface area (Å²) in [5.74, 6) is -0.0217. The van der Waals surface area contributed by atoms with E-state index in [1.54, 1.807) is 0 Å². The molecule has 0 atom stereocenters. The van der Waals surface area contributed by atoms with Gasteiger partial charge >= 0.3 is 5.97 Å². The van der Waals surface area contributed by atoms with E-state index in [4.69, 9.17) is 4.74 Å². The fourth-order valence-corrected chi connectivity index (χ4v) is 2.70. The normalized spacial score (nSPS) is 10.7. The quantitative estimate of drug-likeness (QED) is 0.176. The van der Waals surface area contributed by atoms with Crippen LogP contribution < -0.4 is 0 Å². The first-order valence-corrected chi connectivity index (χ1v) is 9.90. The highest BCUT2D eigenvalue weighted by Crippen LogP contribution is 2.12. The molecule has 136 valence electrons. The minimum atomic E-state index is -0.0217. The molecule has 0 aliphatic heterocycles. The standard InChI is InChI=1S/C20H38O3/c1-2-3-14-17-20(22)23-19-16-13-11-9-7-5-4-6-8-10-12-15-18-21/h18H,2-17,19H2,1H3. The second-order valence-corrected chi connectivity index (χ2v) is 6.52. The molecule has 0 saturated carbocycles. The summed E-state index contributed by atoms with van der Waals surface area (Å²) < 4.78 is 5.23. The maximum absolute atomic E-state index is 11.4. The third-order valence-corrected chi connectivity index (χ3v) is 4.21. The van der Waals surface area contributed by atoms with Crippen molar-refractivity contribution in [2.45, 2.75) is 110 Å². The summed E-state index contributed by atoms with van der Waals surface area (Å²) >= 11 is 0. The second kappa shape index (κ2) is 19.2. The topological polar surface area (TPSA) is 43.4 Å². The largest absolute Gasteiger partial charge is 0.466 e. The number of carbonyl (C=O) groups is 2. The van der Waals surface area contributed by atoms with Gasteiger partial charge in [-0.1, -0.05) is 77.6 Å². The van der Waals surface area contributed by atoms with Gasteiger partial charge in [0.25, 0.3) is 0 Å². The molecule has 0 aromatic carbocycles. The van der Waals surface area contributed by atoms with Gasteiger partial charge in [0.2, 0.25) is 0 Å². The predicted octanol–water partition coefficient (Wildman–Crippen LogP) is 5.99. The van der Waals surface area contributed by atoms with Crippen molar-refractivity contribution in [1.29, 1.82) is 0 Å². The fraction of sp³-hybridized carbons (Fsp3) is 0.900. The first kappa shape index (κ1) is 22.1. The Kier molecular flexibility index (Phi) is 18.5. The van der Waals surface area contributed by atoms with Crippen LogP contribution in [0.4, 0.5) is 0 Å². The number of hydrogen-bond acceptors (Lipinski definition) is 3. The molecule has 0 aromatic rings. The predicted molar refractivity (Wildman–Crippen MR) is 96.6 cm³/mol. The summed E-state index contributed by atoms with van der Waals surface area (Å²) in [6.07, 6.45) is 19.2. The molecule has 0 radical (unpaired) electrons. The van der Waals surface area contributed by atoms with Crippen LogP contribution in [0.1, 0.15) is 110 Å². The Morgan fingerprint density at radius 3 is 1.78 bits per heavy atom. The van der Waals surface area contributed by atoms with Crippen molar-refractivity contribution in [3.8, 4) is 0 Å². The number of carbonyl (C=O) groups excluding carboxylic acids is 2. The lowest BCUT2D eigenvalue weighted by Gasteiger charge is -2.05. The monoisotopic (exact) mass is 326 g/mol. The molecular weight excluding hydrogens is 288 g/mol. The van der Waals surface area contributed by atoms with E-state index < -0.39 is 0 Å². The lowest BCUT2D eigenvalue weighted by atomic mass is 10.1. The van der Waals surface area contributed by atoms with E-state index >= 15 is 0 Å². The van der Waals surface area contributed by atoms with Gasteiger partial charge in [0.1, 0.15) is 6.29 Å². The minimum Gasteiger partial charge on any atom is -0.466 e. The van der Waals surface area contributed by atoms with Crippen LogP contribution in [0, 0.1) is 0 Å². The Morgan fingerprint density at radius 1 is 0.739 bits per heavy atom. The Balaban J connectivity index is 3.07. The van der Waals surface area contributed by atoms with Crippen LogP contribution in [0.3, 0.4) is 0 Å². The van der Waals surface area contributed by atoms with Gasteiger partial charge < -0.3 is 9.53 Å². The lowest BCUT2D eigenvalue weighted by Crippen LogP contribution is -2.05. The van der Waals surface area contributed by atoms with Gasteiger partial charge in [-0.15, -0.1) is 0 Å². The summed E-state index contributed by atoms with van der Waals surface area (Å²) in [5, 5.41) is 0. The van der Waals surface area contributed by atoms with Crippen LogP contribution in [-0.2, 0) is 14.3 Å². The molecule has 0 fully saturated rings. The number of esters is 1. The molecular formula is C20H38O3. The van der Waals surface area contributed by atoms with E-state index in [-0.39, 0.29) is 5.97 Å². The van der Waals surface area contributed by atoms with Crippen LogP contribution >= 0.6 is 0 Å². The zero-order chi connectivity index (χ0) is 17.0. The van der Waals surface area contributed by atoms with Crippen molar-refractivity contribution in [2.75, 3.05) is 6.61 Å². The van der Waals surface area contributed by atoms with Gasteiger partial charge in [-0.25, -0.2) is 0 Å². The van der Waals surface area contributed by atoms with E-state index in [9.17, 15) is 9.59 Å². The van der Waals surface area contributed by atoms with Crippen molar-refractivity contribution in [3.05, 3.63) is 0 Å². The van der Waals surface area contributed by atoms with Crippen LogP contribution in [0.5, 0.6) is 0 Å². The van der Waals surface area contributed by atoms with Gasteiger partial charge in [-0.2, -0.15) is 0 Å². The molecule has 0 N–H and O–H groups in total. The number of ether oxygens (including phenoxy) is 1. The van der Waals surface area contributed by atoms with Crippen molar-refractivity contribution in [1.82, 2.24) is 0 Å². The smallest absolute Gasteiger partial charge is 0.305 e. The van der Waals surface area contributed by atoms with Crippen molar-refractivity contribution < 1.29 is 14.3 Å². The summed E-state index contributed by atoms with van der Waals surface area (Å²) in [6, 6.07) is 0. The average molecular weight is 327 g/mol. The van der Waals surface area contributed by atoms with Crippen LogP contribution in [-0.4, -0.2) is 18.9 Å². The molecule has 0 aromatic heterocycles. The first-order valence-electron chi connectivity index (χ1n) is 9.90. The molecule has 0 rings (SSSR count). The van der Waals surface area contributed by atoms with E-state index in [0.29, 0.717) is 13.0 Å². The maximum atomic E-state index is 11.4. The molecule has 0 aliphatic rings. The molecule has 0 aliphatic carbocycles. The number of rotatable bonds is 18. The van der Waals surface area contributed by atoms with Gasteiger partial charge in [-0.3, -0.25) is 4.79 Å². The van der Waals surface area contributed by atoms with Gasteiger partial charge in [0.05, 0.1) is 6.61 Å². The number of aldehydes is 1. The molecule has 0 saturated heterocycles. The highest BCUT2D eigenvalue weighted by Gasteiger charge is 2.01. The third kappa shape index (κ3) is 19.1. The zero-order valence-electron chi connectivity index (χ0n) is 15.3. The van der Waals surface area contributed by atoms with Gasteiger partial charge in [0.15, 0.2) is 0 Å². The summed E-state index contributed by atoms with van der Waals surface area (Å²) in [5.41, 5.74) is 0. The van der Waals surface area contributed by atoms with E-state index in [0.717, 1.165) is 44.8 Å². The Labute approximate surface area is 143 Å². The van der Waals surface area contributed by atoms with Crippen LogP contribution in [0.15, 0.2) is 0 Å². The third-order valence-electron chi connectivity index (χ3n) is 4.21. The SMILES string of the molecule is CCCCCC(=O)OCCCCCCCCCCCCCC=O. The fourth-order valence-electron chi connectivity index (χ4n) is 2.70. The Morgan fingerprint density at radius 2 is 1.26 bits per heavy atom. The number of hydrogen-bond donors (Lipinski definition) is 0. The minimum absolute atomic E-state index is 0.0217. The lowest BCUT2D eigenvalue weighted by molar-refractivity contribution is -0.143. The maximum Gasteiger partial charge on any atom is 0.305 e. The molecule has 0 amide bonds. The highest BCUT2D eigenvalue weighted by atomic mass is 16.5. The van der Waals surface area contributed by atoms with Crippen molar-refractivity contribution >= 4 is 12.3 Å². The Bertz CT molecular complexity index is 264. The van der Waals surface area contributed by atoms with Gasteiger partial charge in [-0.05, 0) is 19.3 Å². The molecule has 3 nitrogen and oxygen atoms in total. The van der Waals surface area contributed by atoms with Crippen LogP contribution in [0.25, 0.3) is 0 Å². The summed E-state index contributed by atoms with van der Waals surface area (Å²) in [4.78, 5) is 21.6. The number of unbranched alkanes of at least 4 members (excludes halogenated alkanes) is 13. The van der Waals surface area contributed by atoms with E-state index in [2.05, 4.69) is 6.92 Å². The molecule has 0 unspecified atom stereocenters. The average Bonchev–Trinajstić information content (AvgIpc) is 2.55. The molecule has 23 heavy (non-hydrogen) atoms.